The number of nitrogens with one attached hydrogen (secondary N) is 2. The van der Waals surface area contributed by atoms with E-state index in [2.05, 4.69) is 27.5 Å². The van der Waals surface area contributed by atoms with Gasteiger partial charge in [-0.2, -0.15) is 0 Å². The smallest absolute Gasteiger partial charge is 0.315 e. The van der Waals surface area contributed by atoms with Gasteiger partial charge in [0.05, 0.1) is 19.3 Å². The zero-order valence-electron chi connectivity index (χ0n) is 12.3. The molecule has 2 aromatic rings. The van der Waals surface area contributed by atoms with E-state index in [-0.39, 0.29) is 19.2 Å². The molecule has 0 unspecified atom stereocenters. The van der Waals surface area contributed by atoms with E-state index in [0.29, 0.717) is 12.3 Å². The second-order valence-electron chi connectivity index (χ2n) is 4.39. The van der Waals surface area contributed by atoms with Crippen molar-refractivity contribution in [1.82, 2.24) is 15.6 Å². The molecule has 2 rings (SSSR count). The maximum absolute atomic E-state index is 11.5. The Hall–Kier alpha value is -2.52. The van der Waals surface area contributed by atoms with E-state index < -0.39 is 0 Å². The van der Waals surface area contributed by atoms with Crippen LogP contribution >= 0.6 is 11.3 Å². The number of amides is 2. The monoisotopic (exact) mass is 315 g/mol. The van der Waals surface area contributed by atoms with Crippen LogP contribution in [0.2, 0.25) is 0 Å². The van der Waals surface area contributed by atoms with E-state index in [1.54, 1.807) is 17.5 Å². The predicted octanol–water partition coefficient (Wildman–Crippen LogP) is 2.33. The highest BCUT2D eigenvalue weighted by Gasteiger charge is 1.98. The number of thiophene rings is 1. The zero-order valence-corrected chi connectivity index (χ0v) is 13.1. The Morgan fingerprint density at radius 1 is 1.32 bits per heavy atom. The molecule has 114 valence electrons. The van der Waals surface area contributed by atoms with Crippen LogP contribution in [0, 0.1) is 18.8 Å². The lowest BCUT2D eigenvalue weighted by molar-refractivity contribution is 0.241. The van der Waals surface area contributed by atoms with Gasteiger partial charge in [-0.1, -0.05) is 17.9 Å². The van der Waals surface area contributed by atoms with Gasteiger partial charge in [-0.25, -0.2) is 4.79 Å². The first-order chi connectivity index (χ1) is 10.7. The Balaban J connectivity index is 1.58. The summed E-state index contributed by atoms with van der Waals surface area (Å²) in [7, 11) is 0. The van der Waals surface area contributed by atoms with E-state index in [9.17, 15) is 4.79 Å². The minimum absolute atomic E-state index is 0.230. The molecule has 0 saturated carbocycles. The first kappa shape index (κ1) is 15.9. The molecule has 0 aromatic carbocycles. The molecule has 0 bridgehead atoms. The number of aryl methyl sites for hydroxylation is 1. The van der Waals surface area contributed by atoms with Crippen molar-refractivity contribution in [3.05, 3.63) is 46.4 Å². The number of rotatable bonds is 5. The first-order valence-electron chi connectivity index (χ1n) is 6.79. The summed E-state index contributed by atoms with van der Waals surface area (Å²) in [4.78, 5) is 16.7. The molecule has 2 heterocycles. The SMILES string of the molecule is Cc1ccc(OCC#CCNC(=O)NCc2cccs2)cn1. The van der Waals surface area contributed by atoms with E-state index in [1.807, 2.05) is 36.6 Å². The van der Waals surface area contributed by atoms with Crippen molar-refractivity contribution in [3.63, 3.8) is 0 Å². The van der Waals surface area contributed by atoms with Crippen LogP contribution in [-0.2, 0) is 6.54 Å². The van der Waals surface area contributed by atoms with E-state index in [0.717, 1.165) is 10.6 Å². The highest BCUT2D eigenvalue weighted by molar-refractivity contribution is 7.09. The molecule has 0 fully saturated rings. The number of ether oxygens (including phenoxy) is 1. The van der Waals surface area contributed by atoms with Gasteiger partial charge in [-0.05, 0) is 30.5 Å². The van der Waals surface area contributed by atoms with Crippen LogP contribution < -0.4 is 15.4 Å². The van der Waals surface area contributed by atoms with Crippen LogP contribution in [0.3, 0.4) is 0 Å². The maximum Gasteiger partial charge on any atom is 0.315 e. The fourth-order valence-electron chi connectivity index (χ4n) is 1.54. The summed E-state index contributed by atoms with van der Waals surface area (Å²) in [5.74, 6) is 6.34. The molecule has 0 aliphatic carbocycles. The molecule has 0 atom stereocenters. The lowest BCUT2D eigenvalue weighted by Crippen LogP contribution is -2.35. The summed E-state index contributed by atoms with van der Waals surface area (Å²) in [6.45, 7) is 2.99. The van der Waals surface area contributed by atoms with Crippen LogP contribution in [0.1, 0.15) is 10.6 Å². The Bertz CT molecular complexity index is 642. The number of pyridine rings is 1. The fraction of sp³-hybridized carbons (Fsp3) is 0.250. The molecule has 0 aliphatic rings. The molecular weight excluding hydrogens is 298 g/mol. The highest BCUT2D eigenvalue weighted by Crippen LogP contribution is 2.08. The number of hydrogen-bond donors (Lipinski definition) is 2. The average molecular weight is 315 g/mol. The molecule has 0 saturated heterocycles. The van der Waals surface area contributed by atoms with Gasteiger partial charge in [0, 0.05) is 10.6 Å². The minimum Gasteiger partial charge on any atom is -0.479 e. The number of carbonyl (C=O) groups excluding carboxylic acids is 1. The van der Waals surface area contributed by atoms with Gasteiger partial charge >= 0.3 is 6.03 Å². The molecular formula is C16H17N3O2S. The number of carbonyl (C=O) groups is 1. The van der Waals surface area contributed by atoms with Crippen molar-refractivity contribution in [2.24, 2.45) is 0 Å². The van der Waals surface area contributed by atoms with E-state index in [4.69, 9.17) is 4.74 Å². The Kier molecular flexibility index (Phi) is 6.27. The van der Waals surface area contributed by atoms with Crippen LogP contribution in [-0.4, -0.2) is 24.2 Å². The van der Waals surface area contributed by atoms with Gasteiger partial charge in [-0.15, -0.1) is 11.3 Å². The van der Waals surface area contributed by atoms with Crippen LogP contribution in [0.25, 0.3) is 0 Å². The van der Waals surface area contributed by atoms with Gasteiger partial charge in [0.2, 0.25) is 0 Å². The van der Waals surface area contributed by atoms with Crippen molar-refractivity contribution in [1.29, 1.82) is 0 Å². The lowest BCUT2D eigenvalue weighted by atomic mass is 10.4. The second-order valence-corrected chi connectivity index (χ2v) is 5.43. The van der Waals surface area contributed by atoms with Gasteiger partial charge < -0.3 is 15.4 Å². The molecule has 2 amide bonds. The van der Waals surface area contributed by atoms with E-state index in [1.165, 1.54) is 0 Å². The van der Waals surface area contributed by atoms with Gasteiger partial charge in [0.25, 0.3) is 0 Å². The normalized spacial score (nSPS) is 9.50. The number of urea groups is 1. The van der Waals surface area contributed by atoms with Gasteiger partial charge in [0.15, 0.2) is 0 Å². The van der Waals surface area contributed by atoms with Crippen molar-refractivity contribution < 1.29 is 9.53 Å². The number of hydrogen-bond acceptors (Lipinski definition) is 4. The maximum atomic E-state index is 11.5. The first-order valence-corrected chi connectivity index (χ1v) is 7.67. The molecule has 0 radical (unpaired) electrons. The molecule has 22 heavy (non-hydrogen) atoms. The Labute approximate surface area is 133 Å². The third-order valence-electron chi connectivity index (χ3n) is 2.66. The molecule has 2 N–H and O–H groups in total. The van der Waals surface area contributed by atoms with Gasteiger partial charge in [0.1, 0.15) is 12.4 Å². The van der Waals surface area contributed by atoms with Crippen molar-refractivity contribution in [3.8, 4) is 17.6 Å². The number of aromatic nitrogens is 1. The molecule has 6 heteroatoms. The van der Waals surface area contributed by atoms with Crippen LogP contribution in [0.4, 0.5) is 4.79 Å². The third-order valence-corrected chi connectivity index (χ3v) is 3.54. The summed E-state index contributed by atoms with van der Waals surface area (Å²) in [5, 5.41) is 7.40. The summed E-state index contributed by atoms with van der Waals surface area (Å²) in [6, 6.07) is 7.42. The Morgan fingerprint density at radius 3 is 2.95 bits per heavy atom. The quantitative estimate of drug-likeness (QED) is 0.833. The summed E-state index contributed by atoms with van der Waals surface area (Å²) in [6.07, 6.45) is 1.66. The highest BCUT2D eigenvalue weighted by atomic mass is 32.1. The van der Waals surface area contributed by atoms with Crippen molar-refractivity contribution in [2.75, 3.05) is 13.2 Å². The summed E-state index contributed by atoms with van der Waals surface area (Å²) >= 11 is 1.61. The predicted molar refractivity (Wildman–Crippen MR) is 86.8 cm³/mol. The fourth-order valence-corrected chi connectivity index (χ4v) is 2.18. The van der Waals surface area contributed by atoms with Crippen molar-refractivity contribution >= 4 is 17.4 Å². The molecule has 2 aromatic heterocycles. The van der Waals surface area contributed by atoms with Crippen LogP contribution in [0.5, 0.6) is 5.75 Å². The standard InChI is InChI=1S/C16H17N3O2S/c1-13-6-7-14(11-18-13)21-9-3-2-8-17-16(20)19-12-15-5-4-10-22-15/h4-7,10-11H,8-9,12H2,1H3,(H2,17,19,20). The Morgan fingerprint density at radius 2 is 2.23 bits per heavy atom. The zero-order chi connectivity index (χ0) is 15.6. The average Bonchev–Trinajstić information content (AvgIpc) is 3.04. The third kappa shape index (κ3) is 5.85. The van der Waals surface area contributed by atoms with Crippen LogP contribution in [0.15, 0.2) is 35.8 Å². The lowest BCUT2D eigenvalue weighted by Gasteiger charge is -2.03. The summed E-state index contributed by atoms with van der Waals surface area (Å²) < 4.78 is 5.40. The second kappa shape index (κ2) is 8.70. The number of nitrogens with zero attached hydrogens (tertiary/aromatic N) is 1. The van der Waals surface area contributed by atoms with Gasteiger partial charge in [-0.3, -0.25) is 4.98 Å². The topological polar surface area (TPSA) is 63.2 Å². The summed E-state index contributed by atoms with van der Waals surface area (Å²) in [5.41, 5.74) is 0.941. The van der Waals surface area contributed by atoms with E-state index >= 15 is 0 Å². The molecule has 5 nitrogen and oxygen atoms in total. The molecule has 0 spiro atoms. The largest absolute Gasteiger partial charge is 0.479 e. The van der Waals surface area contributed by atoms with Crippen molar-refractivity contribution in [2.45, 2.75) is 13.5 Å². The molecule has 0 aliphatic heterocycles. The minimum atomic E-state index is -0.230.